The Balaban J connectivity index is 1.43. The molecule has 2 aliphatic carbocycles. The number of aromatic nitrogens is 2. The van der Waals surface area contributed by atoms with E-state index >= 15 is 0 Å². The first-order chi connectivity index (χ1) is 16.5. The molecule has 1 amide bonds. The number of carbonyl (C=O) groups excluding carboxylic acids is 1. The molecule has 0 unspecified atom stereocenters. The Morgan fingerprint density at radius 3 is 2.37 bits per heavy atom. The van der Waals surface area contributed by atoms with Gasteiger partial charge in [-0.1, -0.05) is 32.9 Å². The Morgan fingerprint density at radius 1 is 1.06 bits per heavy atom. The van der Waals surface area contributed by atoms with Crippen LogP contribution >= 0.6 is 0 Å². The van der Waals surface area contributed by atoms with Crippen molar-refractivity contribution in [2.75, 3.05) is 10.0 Å². The van der Waals surface area contributed by atoms with Crippen LogP contribution in [0.2, 0.25) is 0 Å². The number of hydrogen-bond donors (Lipinski definition) is 2. The van der Waals surface area contributed by atoms with E-state index in [1.165, 1.54) is 31.9 Å². The molecule has 184 valence electrons. The molecule has 3 atom stereocenters. The number of nitrogens with zero attached hydrogens (tertiary/aromatic N) is 2. The minimum absolute atomic E-state index is 0.122. The monoisotopic (exact) mass is 492 g/mol. The van der Waals surface area contributed by atoms with Crippen LogP contribution in [-0.4, -0.2) is 23.9 Å². The summed E-state index contributed by atoms with van der Waals surface area (Å²) < 4.78 is 31.0. The fraction of sp³-hybridized carbons (Fsp3) is 0.407. The summed E-state index contributed by atoms with van der Waals surface area (Å²) in [6, 6.07) is 11.7. The highest BCUT2D eigenvalue weighted by atomic mass is 32.2. The van der Waals surface area contributed by atoms with Crippen LogP contribution in [0.4, 0.5) is 11.4 Å². The van der Waals surface area contributed by atoms with Crippen molar-refractivity contribution in [3.63, 3.8) is 0 Å². The molecule has 1 aromatic heterocycles. The molecule has 7 nitrogen and oxygen atoms in total. The fourth-order valence-electron chi connectivity index (χ4n) is 5.42. The normalized spacial score (nSPS) is 21.5. The molecule has 2 aromatic carbocycles. The molecule has 1 fully saturated rings. The highest BCUT2D eigenvalue weighted by Crippen LogP contribution is 2.45. The van der Waals surface area contributed by atoms with Gasteiger partial charge in [0.1, 0.15) is 5.82 Å². The minimum Gasteiger partial charge on any atom is -0.327 e. The summed E-state index contributed by atoms with van der Waals surface area (Å²) in [4.78, 5) is 16.3. The average Bonchev–Trinajstić information content (AvgIpc) is 3.48. The van der Waals surface area contributed by atoms with Crippen LogP contribution in [0.15, 0.2) is 59.5 Å². The number of hydrogen-bond acceptors (Lipinski definition) is 4. The largest absolute Gasteiger partial charge is 0.327 e. The number of benzene rings is 2. The first-order valence-electron chi connectivity index (χ1n) is 12.1. The van der Waals surface area contributed by atoms with Crippen LogP contribution in [0.3, 0.4) is 0 Å². The quantitative estimate of drug-likeness (QED) is 0.456. The number of sulfonamides is 1. The molecule has 2 aliphatic rings. The molecule has 1 saturated carbocycles. The van der Waals surface area contributed by atoms with Crippen LogP contribution in [0.5, 0.6) is 0 Å². The predicted molar refractivity (Wildman–Crippen MR) is 139 cm³/mol. The van der Waals surface area contributed by atoms with Gasteiger partial charge in [-0.05, 0) is 73.1 Å². The Labute approximate surface area is 206 Å². The molecule has 0 spiro atoms. The molecule has 35 heavy (non-hydrogen) atoms. The van der Waals surface area contributed by atoms with Crippen molar-refractivity contribution in [2.45, 2.75) is 57.4 Å². The predicted octanol–water partition coefficient (Wildman–Crippen LogP) is 5.31. The molecule has 0 aliphatic heterocycles. The van der Waals surface area contributed by atoms with E-state index in [0.717, 1.165) is 23.4 Å². The van der Waals surface area contributed by atoms with Crippen molar-refractivity contribution < 1.29 is 13.2 Å². The third-order valence-electron chi connectivity index (χ3n) is 6.99. The Bertz CT molecular complexity index is 1420. The molecular weight excluding hydrogens is 460 g/mol. The number of carbonyl (C=O) groups is 1. The molecule has 3 aromatic rings. The summed E-state index contributed by atoms with van der Waals surface area (Å²) in [7, 11) is -3.79. The van der Waals surface area contributed by atoms with Gasteiger partial charge in [-0.25, -0.2) is 13.4 Å². The first kappa shape index (κ1) is 23.6. The zero-order valence-corrected chi connectivity index (χ0v) is 21.4. The topological polar surface area (TPSA) is 93.1 Å². The van der Waals surface area contributed by atoms with E-state index in [1.54, 1.807) is 18.2 Å². The lowest BCUT2D eigenvalue weighted by molar-refractivity contribution is -0.114. The summed E-state index contributed by atoms with van der Waals surface area (Å²) >= 11 is 0. The number of rotatable bonds is 6. The maximum absolute atomic E-state index is 13.0. The number of nitrogens with one attached hydrogen (secondary N) is 2. The van der Waals surface area contributed by atoms with Gasteiger partial charge >= 0.3 is 0 Å². The van der Waals surface area contributed by atoms with Crippen LogP contribution < -0.4 is 10.0 Å². The Kier molecular flexibility index (Phi) is 5.74. The van der Waals surface area contributed by atoms with Gasteiger partial charge in [0.15, 0.2) is 0 Å². The lowest BCUT2D eigenvalue weighted by Crippen LogP contribution is -2.23. The highest BCUT2D eigenvalue weighted by molar-refractivity contribution is 7.92. The van der Waals surface area contributed by atoms with Gasteiger partial charge in [-0.3, -0.25) is 9.52 Å². The maximum Gasteiger partial charge on any atom is 0.261 e. The van der Waals surface area contributed by atoms with Gasteiger partial charge in [0.05, 0.1) is 21.6 Å². The van der Waals surface area contributed by atoms with E-state index in [4.69, 9.17) is 4.98 Å². The van der Waals surface area contributed by atoms with Gasteiger partial charge in [0.2, 0.25) is 5.91 Å². The number of imidazole rings is 1. The van der Waals surface area contributed by atoms with Crippen LogP contribution in [0.25, 0.3) is 11.0 Å². The van der Waals surface area contributed by atoms with Gasteiger partial charge in [-0.15, -0.1) is 0 Å². The Morgan fingerprint density at radius 2 is 1.77 bits per heavy atom. The molecule has 2 bridgehead atoms. The standard InChI is InChI=1S/C27H32N4O3S/c1-17(32)28-21-7-10-23(11-8-21)35(33,34)30-22-9-12-25-24(15-22)29-26(27(2,3)4)31(25)16-20-14-18-5-6-19(20)13-18/h5-12,15,18-20,30H,13-14,16H2,1-4H3,(H,28,32)/t18-,19+,20+/m0/s1. The van der Waals surface area contributed by atoms with Crippen molar-refractivity contribution >= 4 is 38.3 Å². The molecule has 8 heteroatoms. The van der Waals surface area contributed by atoms with E-state index in [9.17, 15) is 13.2 Å². The molecule has 0 radical (unpaired) electrons. The number of allylic oxidation sites excluding steroid dienone is 2. The second kappa shape index (κ2) is 8.52. The summed E-state index contributed by atoms with van der Waals surface area (Å²) in [5.74, 6) is 2.78. The Hall–Kier alpha value is -3.13. The van der Waals surface area contributed by atoms with E-state index in [0.29, 0.717) is 29.1 Å². The lowest BCUT2D eigenvalue weighted by atomic mass is 9.92. The van der Waals surface area contributed by atoms with E-state index in [1.807, 2.05) is 12.1 Å². The van der Waals surface area contributed by atoms with E-state index in [-0.39, 0.29) is 16.2 Å². The second-order valence-corrected chi connectivity index (χ2v) is 12.5. The van der Waals surface area contributed by atoms with Gasteiger partial charge in [-0.2, -0.15) is 0 Å². The van der Waals surface area contributed by atoms with Crippen molar-refractivity contribution in [3.05, 3.63) is 60.4 Å². The van der Waals surface area contributed by atoms with Gasteiger partial charge in [0.25, 0.3) is 10.0 Å². The number of anilines is 2. The number of amides is 1. The lowest BCUT2D eigenvalue weighted by Gasteiger charge is -2.25. The molecule has 5 rings (SSSR count). The number of fused-ring (bicyclic) bond motifs is 3. The maximum atomic E-state index is 13.0. The third kappa shape index (κ3) is 4.72. The summed E-state index contributed by atoms with van der Waals surface area (Å²) in [5.41, 5.74) is 2.70. The van der Waals surface area contributed by atoms with E-state index in [2.05, 4.69) is 47.5 Å². The third-order valence-corrected chi connectivity index (χ3v) is 8.39. The van der Waals surface area contributed by atoms with Crippen molar-refractivity contribution in [1.29, 1.82) is 0 Å². The zero-order chi connectivity index (χ0) is 25.0. The fourth-order valence-corrected chi connectivity index (χ4v) is 6.47. The van der Waals surface area contributed by atoms with Gasteiger partial charge < -0.3 is 9.88 Å². The second-order valence-electron chi connectivity index (χ2n) is 10.9. The van der Waals surface area contributed by atoms with Crippen LogP contribution in [0.1, 0.15) is 46.4 Å². The van der Waals surface area contributed by atoms with Crippen molar-refractivity contribution in [1.82, 2.24) is 9.55 Å². The molecule has 1 heterocycles. The zero-order valence-electron chi connectivity index (χ0n) is 20.6. The summed E-state index contributed by atoms with van der Waals surface area (Å²) in [6.45, 7) is 8.84. The summed E-state index contributed by atoms with van der Waals surface area (Å²) in [6.07, 6.45) is 7.23. The first-order valence-corrected chi connectivity index (χ1v) is 13.6. The molecule has 0 saturated heterocycles. The smallest absolute Gasteiger partial charge is 0.261 e. The molecular formula is C27H32N4O3S. The van der Waals surface area contributed by atoms with Gasteiger partial charge in [0, 0.05) is 24.6 Å². The average molecular weight is 493 g/mol. The van der Waals surface area contributed by atoms with Crippen LogP contribution in [-0.2, 0) is 26.8 Å². The minimum atomic E-state index is -3.79. The van der Waals surface area contributed by atoms with Crippen molar-refractivity contribution in [2.24, 2.45) is 17.8 Å². The summed E-state index contributed by atoms with van der Waals surface area (Å²) in [5, 5.41) is 2.64. The van der Waals surface area contributed by atoms with E-state index < -0.39 is 10.0 Å². The highest BCUT2D eigenvalue weighted by Gasteiger charge is 2.37. The van der Waals surface area contributed by atoms with Crippen LogP contribution in [0, 0.1) is 17.8 Å². The SMILES string of the molecule is CC(=O)Nc1ccc(S(=O)(=O)Nc2ccc3c(c2)nc(C(C)(C)C)n3C[C@H]2C[C@H]3C=C[C@@H]2C3)cc1. The molecule has 2 N–H and O–H groups in total. The van der Waals surface area contributed by atoms with Crippen molar-refractivity contribution in [3.8, 4) is 0 Å².